The van der Waals surface area contributed by atoms with Gasteiger partial charge in [-0.25, -0.2) is 14.6 Å². The number of nitrogens with zero attached hydrogens (tertiary/aromatic N) is 4. The van der Waals surface area contributed by atoms with E-state index in [1.54, 1.807) is 11.8 Å². The standard InChI is InChI=1S/C24H25ClN6O2/c1-15-7-9-17(10-8-15)24(32)27-12-11-26-22-21-16(2)30-31(19-6-4-5-18(25)13-19)23(21)29-20(28-22)14-33-3/h4-10,13H,11-12,14H2,1-3H3,(H,27,32)(H,26,28,29). The maximum atomic E-state index is 12.4. The number of carbonyl (C=O) groups is 1. The number of hydrogen-bond acceptors (Lipinski definition) is 6. The van der Waals surface area contributed by atoms with Crippen LogP contribution in [-0.4, -0.2) is 45.9 Å². The number of benzene rings is 2. The lowest BCUT2D eigenvalue weighted by molar-refractivity contribution is 0.0955. The minimum atomic E-state index is -0.116. The highest BCUT2D eigenvalue weighted by atomic mass is 35.5. The second-order valence-electron chi connectivity index (χ2n) is 7.65. The summed E-state index contributed by atoms with van der Waals surface area (Å²) in [7, 11) is 1.60. The number of fused-ring (bicyclic) bond motifs is 1. The second kappa shape index (κ2) is 9.97. The van der Waals surface area contributed by atoms with Crippen LogP contribution in [-0.2, 0) is 11.3 Å². The Kier molecular flexibility index (Phi) is 6.86. The van der Waals surface area contributed by atoms with Crippen LogP contribution >= 0.6 is 11.6 Å². The minimum absolute atomic E-state index is 0.116. The Morgan fingerprint density at radius 1 is 1.09 bits per heavy atom. The van der Waals surface area contributed by atoms with Crippen molar-refractivity contribution in [1.82, 2.24) is 25.1 Å². The molecule has 2 aromatic carbocycles. The molecule has 0 radical (unpaired) electrons. The Labute approximate surface area is 197 Å². The molecular formula is C24H25ClN6O2. The van der Waals surface area contributed by atoms with Gasteiger partial charge < -0.3 is 15.4 Å². The van der Waals surface area contributed by atoms with Gasteiger partial charge in [0.2, 0.25) is 0 Å². The fourth-order valence-corrected chi connectivity index (χ4v) is 3.69. The predicted molar refractivity (Wildman–Crippen MR) is 129 cm³/mol. The first-order chi connectivity index (χ1) is 16.0. The molecule has 2 aromatic heterocycles. The first-order valence-corrected chi connectivity index (χ1v) is 10.9. The molecule has 0 bridgehead atoms. The van der Waals surface area contributed by atoms with E-state index in [1.165, 1.54) is 0 Å². The summed E-state index contributed by atoms with van der Waals surface area (Å²) < 4.78 is 7.01. The van der Waals surface area contributed by atoms with Crippen LogP contribution in [0.15, 0.2) is 48.5 Å². The third-order valence-electron chi connectivity index (χ3n) is 5.09. The second-order valence-corrected chi connectivity index (χ2v) is 8.08. The molecule has 0 saturated carbocycles. The molecule has 170 valence electrons. The summed E-state index contributed by atoms with van der Waals surface area (Å²) in [4.78, 5) is 21.6. The fraction of sp³-hybridized carbons (Fsp3) is 0.250. The number of halogens is 1. The van der Waals surface area contributed by atoms with E-state index in [9.17, 15) is 4.79 Å². The number of nitrogens with one attached hydrogen (secondary N) is 2. The third kappa shape index (κ3) is 5.13. The number of amides is 1. The largest absolute Gasteiger partial charge is 0.377 e. The van der Waals surface area contributed by atoms with E-state index in [4.69, 9.17) is 16.3 Å². The van der Waals surface area contributed by atoms with Crippen LogP contribution in [0.1, 0.15) is 27.4 Å². The van der Waals surface area contributed by atoms with E-state index >= 15 is 0 Å². The monoisotopic (exact) mass is 464 g/mol. The van der Waals surface area contributed by atoms with Crippen molar-refractivity contribution in [2.24, 2.45) is 0 Å². The number of aryl methyl sites for hydroxylation is 2. The van der Waals surface area contributed by atoms with Gasteiger partial charge in [0, 0.05) is 30.8 Å². The first kappa shape index (κ1) is 22.7. The van der Waals surface area contributed by atoms with Crippen LogP contribution in [0, 0.1) is 13.8 Å². The van der Waals surface area contributed by atoms with Crippen LogP contribution in [0.3, 0.4) is 0 Å². The van der Waals surface area contributed by atoms with Gasteiger partial charge in [-0.2, -0.15) is 5.10 Å². The van der Waals surface area contributed by atoms with Crippen LogP contribution in [0.2, 0.25) is 5.02 Å². The van der Waals surface area contributed by atoms with Gasteiger partial charge in [0.25, 0.3) is 5.91 Å². The topological polar surface area (TPSA) is 94.0 Å². The smallest absolute Gasteiger partial charge is 0.251 e. The zero-order chi connectivity index (χ0) is 23.4. The van der Waals surface area contributed by atoms with Gasteiger partial charge in [-0.1, -0.05) is 35.4 Å². The van der Waals surface area contributed by atoms with Crippen molar-refractivity contribution in [3.63, 3.8) is 0 Å². The van der Waals surface area contributed by atoms with Crippen molar-refractivity contribution in [3.05, 3.63) is 76.2 Å². The van der Waals surface area contributed by atoms with Crippen molar-refractivity contribution in [1.29, 1.82) is 0 Å². The molecule has 2 N–H and O–H groups in total. The van der Waals surface area contributed by atoms with E-state index in [-0.39, 0.29) is 12.5 Å². The van der Waals surface area contributed by atoms with Gasteiger partial charge >= 0.3 is 0 Å². The Hall–Kier alpha value is -3.49. The molecule has 0 aliphatic carbocycles. The molecular weight excluding hydrogens is 440 g/mol. The number of anilines is 1. The van der Waals surface area contributed by atoms with Gasteiger partial charge in [0.05, 0.1) is 16.8 Å². The zero-order valence-corrected chi connectivity index (χ0v) is 19.5. The summed E-state index contributed by atoms with van der Waals surface area (Å²) in [6.45, 7) is 5.07. The maximum absolute atomic E-state index is 12.4. The summed E-state index contributed by atoms with van der Waals surface area (Å²) in [5, 5.41) is 12.3. The van der Waals surface area contributed by atoms with Gasteiger partial charge in [-0.3, -0.25) is 4.79 Å². The molecule has 9 heteroatoms. The summed E-state index contributed by atoms with van der Waals surface area (Å²) in [6.07, 6.45) is 0. The van der Waals surface area contributed by atoms with Gasteiger partial charge in [-0.15, -0.1) is 0 Å². The normalized spacial score (nSPS) is 11.0. The highest BCUT2D eigenvalue weighted by Gasteiger charge is 2.18. The van der Waals surface area contributed by atoms with E-state index < -0.39 is 0 Å². The fourth-order valence-electron chi connectivity index (χ4n) is 3.50. The van der Waals surface area contributed by atoms with Crippen molar-refractivity contribution >= 4 is 34.4 Å². The maximum Gasteiger partial charge on any atom is 0.251 e. The lowest BCUT2D eigenvalue weighted by Crippen LogP contribution is -2.29. The van der Waals surface area contributed by atoms with E-state index in [1.807, 2.05) is 62.4 Å². The number of rotatable bonds is 8. The molecule has 0 spiro atoms. The lowest BCUT2D eigenvalue weighted by atomic mass is 10.1. The Balaban J connectivity index is 1.56. The molecule has 2 heterocycles. The average Bonchev–Trinajstić information content (AvgIpc) is 3.13. The first-order valence-electron chi connectivity index (χ1n) is 10.6. The highest BCUT2D eigenvalue weighted by Crippen LogP contribution is 2.27. The molecule has 0 fully saturated rings. The molecule has 4 rings (SSSR count). The number of ether oxygens (including phenoxy) is 1. The molecule has 0 aliphatic heterocycles. The van der Waals surface area contributed by atoms with Gasteiger partial charge in [0.1, 0.15) is 12.4 Å². The van der Waals surface area contributed by atoms with Crippen LogP contribution in [0.5, 0.6) is 0 Å². The number of hydrogen-bond donors (Lipinski definition) is 2. The highest BCUT2D eigenvalue weighted by molar-refractivity contribution is 6.30. The Morgan fingerprint density at radius 3 is 2.61 bits per heavy atom. The van der Waals surface area contributed by atoms with E-state index in [0.717, 1.165) is 22.3 Å². The van der Waals surface area contributed by atoms with Crippen molar-refractivity contribution in [3.8, 4) is 5.69 Å². The zero-order valence-electron chi connectivity index (χ0n) is 18.7. The average molecular weight is 465 g/mol. The lowest BCUT2D eigenvalue weighted by Gasteiger charge is -2.11. The molecule has 0 unspecified atom stereocenters. The molecule has 0 saturated heterocycles. The van der Waals surface area contributed by atoms with Crippen LogP contribution in [0.4, 0.5) is 5.82 Å². The van der Waals surface area contributed by atoms with E-state index in [2.05, 4.69) is 25.7 Å². The van der Waals surface area contributed by atoms with Crippen molar-refractivity contribution < 1.29 is 9.53 Å². The van der Waals surface area contributed by atoms with Gasteiger partial charge in [-0.05, 0) is 44.2 Å². The predicted octanol–water partition coefficient (Wildman–Crippen LogP) is 4.07. The summed E-state index contributed by atoms with van der Waals surface area (Å²) in [5.74, 6) is 1.05. The van der Waals surface area contributed by atoms with Crippen molar-refractivity contribution in [2.45, 2.75) is 20.5 Å². The third-order valence-corrected chi connectivity index (χ3v) is 5.33. The molecule has 0 atom stereocenters. The molecule has 4 aromatic rings. The summed E-state index contributed by atoms with van der Waals surface area (Å²) >= 11 is 6.19. The van der Waals surface area contributed by atoms with Gasteiger partial charge in [0.15, 0.2) is 11.5 Å². The summed E-state index contributed by atoms with van der Waals surface area (Å²) in [5.41, 5.74) is 3.98. The van der Waals surface area contributed by atoms with E-state index in [0.29, 0.717) is 41.0 Å². The molecule has 0 aliphatic rings. The number of carbonyl (C=O) groups excluding carboxylic acids is 1. The Bertz CT molecular complexity index is 1290. The SMILES string of the molecule is COCc1nc(NCCNC(=O)c2ccc(C)cc2)c2c(C)nn(-c3cccc(Cl)c3)c2n1. The summed E-state index contributed by atoms with van der Waals surface area (Å²) in [6, 6.07) is 14.9. The number of methoxy groups -OCH3 is 1. The van der Waals surface area contributed by atoms with Crippen molar-refractivity contribution in [2.75, 3.05) is 25.5 Å². The quantitative estimate of drug-likeness (QED) is 0.382. The number of aromatic nitrogens is 4. The Morgan fingerprint density at radius 2 is 1.88 bits per heavy atom. The van der Waals surface area contributed by atoms with Crippen LogP contribution in [0.25, 0.3) is 16.7 Å². The molecule has 33 heavy (non-hydrogen) atoms. The molecule has 8 nitrogen and oxygen atoms in total. The minimum Gasteiger partial charge on any atom is -0.377 e. The van der Waals surface area contributed by atoms with Crippen LogP contribution < -0.4 is 10.6 Å². The molecule has 1 amide bonds.